The van der Waals surface area contributed by atoms with E-state index < -0.39 is 5.60 Å². The van der Waals surface area contributed by atoms with Crippen LogP contribution < -0.4 is 0 Å². The molecule has 14 heavy (non-hydrogen) atoms. The number of rotatable bonds is 3. The number of ketones is 1. The molecule has 0 radical (unpaired) electrons. The van der Waals surface area contributed by atoms with Crippen LogP contribution >= 0.6 is 0 Å². The zero-order valence-electron chi connectivity index (χ0n) is 9.01. The first kappa shape index (κ1) is 11.3. The Labute approximate surface area is 86.0 Å². The van der Waals surface area contributed by atoms with E-state index in [0.29, 0.717) is 12.5 Å². The Kier molecular flexibility index (Phi) is 3.71. The first-order valence-electron chi connectivity index (χ1n) is 5.29. The zero-order chi connectivity index (χ0) is 10.6. The number of Topliss-reactive ketones (excluding diaryl/α,β-unsaturated/α-hetero) is 1. The van der Waals surface area contributed by atoms with Crippen molar-refractivity contribution in [2.75, 3.05) is 6.61 Å². The summed E-state index contributed by atoms with van der Waals surface area (Å²) in [5.41, 5.74) is -0.657. The highest BCUT2D eigenvalue weighted by molar-refractivity contribution is 6.01. The van der Waals surface area contributed by atoms with Gasteiger partial charge in [-0.15, -0.1) is 6.42 Å². The van der Waals surface area contributed by atoms with E-state index >= 15 is 0 Å². The Morgan fingerprint density at radius 3 is 2.57 bits per heavy atom. The minimum absolute atomic E-state index is 0.175. The highest BCUT2D eigenvalue weighted by Crippen LogP contribution is 2.35. The molecule has 0 aromatic carbocycles. The summed E-state index contributed by atoms with van der Waals surface area (Å²) in [6, 6.07) is 0. The SMILES string of the molecule is C#CC(=O)C1(OCC)CCC(C)CC1. The molecule has 0 amide bonds. The normalized spacial score (nSPS) is 32.2. The molecule has 0 saturated heterocycles. The average molecular weight is 194 g/mol. The summed E-state index contributed by atoms with van der Waals surface area (Å²) in [6.07, 6.45) is 8.81. The van der Waals surface area contributed by atoms with Crippen LogP contribution in [0.3, 0.4) is 0 Å². The van der Waals surface area contributed by atoms with Crippen LogP contribution in [0.4, 0.5) is 0 Å². The molecule has 2 nitrogen and oxygen atoms in total. The van der Waals surface area contributed by atoms with Gasteiger partial charge < -0.3 is 4.74 Å². The van der Waals surface area contributed by atoms with Crippen LogP contribution in [0.15, 0.2) is 0 Å². The second kappa shape index (κ2) is 4.61. The molecule has 78 valence electrons. The standard InChI is InChI=1S/C12H18O2/c1-4-11(13)12(14-5-2)8-6-10(3)7-9-12/h1,10H,5-9H2,2-3H3. The second-order valence-electron chi connectivity index (χ2n) is 4.08. The summed E-state index contributed by atoms with van der Waals surface area (Å²) in [7, 11) is 0. The second-order valence-corrected chi connectivity index (χ2v) is 4.08. The summed E-state index contributed by atoms with van der Waals surface area (Å²) >= 11 is 0. The van der Waals surface area contributed by atoms with Gasteiger partial charge in [0.05, 0.1) is 0 Å². The van der Waals surface area contributed by atoms with Crippen LogP contribution in [0.25, 0.3) is 0 Å². The van der Waals surface area contributed by atoms with Gasteiger partial charge in [0, 0.05) is 6.61 Å². The van der Waals surface area contributed by atoms with Gasteiger partial charge in [-0.25, -0.2) is 0 Å². The molecule has 1 saturated carbocycles. The van der Waals surface area contributed by atoms with Gasteiger partial charge in [0.25, 0.3) is 0 Å². The van der Waals surface area contributed by atoms with Crippen molar-refractivity contribution in [3.05, 3.63) is 0 Å². The van der Waals surface area contributed by atoms with E-state index in [9.17, 15) is 4.79 Å². The summed E-state index contributed by atoms with van der Waals surface area (Å²) < 4.78 is 5.58. The Morgan fingerprint density at radius 1 is 1.57 bits per heavy atom. The van der Waals surface area contributed by atoms with Crippen molar-refractivity contribution < 1.29 is 9.53 Å². The molecule has 0 aromatic heterocycles. The summed E-state index contributed by atoms with van der Waals surface area (Å²) in [4.78, 5) is 11.6. The molecule has 1 aliphatic rings. The first-order valence-corrected chi connectivity index (χ1v) is 5.29. The maximum absolute atomic E-state index is 11.6. The Bertz CT molecular complexity index is 242. The Morgan fingerprint density at radius 2 is 2.14 bits per heavy atom. The Hall–Kier alpha value is -0.810. The summed E-state index contributed by atoms with van der Waals surface area (Å²) in [5, 5.41) is 0. The van der Waals surface area contributed by atoms with Gasteiger partial charge in [-0.05, 0) is 44.4 Å². The lowest BCUT2D eigenvalue weighted by Crippen LogP contribution is -2.44. The smallest absolute Gasteiger partial charge is 0.236 e. The van der Waals surface area contributed by atoms with E-state index in [0.717, 1.165) is 25.7 Å². The van der Waals surface area contributed by atoms with E-state index in [1.807, 2.05) is 6.92 Å². The predicted molar refractivity (Wildman–Crippen MR) is 55.8 cm³/mol. The van der Waals surface area contributed by atoms with Crippen molar-refractivity contribution in [3.63, 3.8) is 0 Å². The summed E-state index contributed by atoms with van der Waals surface area (Å²) in [6.45, 7) is 4.67. The topological polar surface area (TPSA) is 26.3 Å². The van der Waals surface area contributed by atoms with Crippen molar-refractivity contribution in [1.82, 2.24) is 0 Å². The van der Waals surface area contributed by atoms with E-state index in [1.54, 1.807) is 0 Å². The number of hydrogen-bond donors (Lipinski definition) is 0. The molecule has 1 aliphatic carbocycles. The number of terminal acetylenes is 1. The molecular weight excluding hydrogens is 176 g/mol. The first-order chi connectivity index (χ1) is 6.64. The zero-order valence-corrected chi connectivity index (χ0v) is 9.01. The third-order valence-corrected chi connectivity index (χ3v) is 3.05. The molecule has 0 bridgehead atoms. The van der Waals surface area contributed by atoms with Gasteiger partial charge in [0.2, 0.25) is 5.78 Å². The highest BCUT2D eigenvalue weighted by Gasteiger charge is 2.40. The maximum Gasteiger partial charge on any atom is 0.236 e. The largest absolute Gasteiger partial charge is 0.366 e. The molecule has 0 aliphatic heterocycles. The molecule has 0 unspecified atom stereocenters. The molecule has 0 heterocycles. The van der Waals surface area contributed by atoms with Gasteiger partial charge in [-0.1, -0.05) is 6.92 Å². The minimum Gasteiger partial charge on any atom is -0.366 e. The van der Waals surface area contributed by atoms with Gasteiger partial charge in [0.15, 0.2) is 0 Å². The van der Waals surface area contributed by atoms with E-state index in [1.165, 1.54) is 0 Å². The molecule has 1 rings (SSSR count). The predicted octanol–water partition coefficient (Wildman–Crippen LogP) is 2.17. The van der Waals surface area contributed by atoms with Crippen LogP contribution in [0, 0.1) is 18.3 Å². The molecular formula is C12H18O2. The number of hydrogen-bond acceptors (Lipinski definition) is 2. The molecule has 0 atom stereocenters. The minimum atomic E-state index is -0.657. The maximum atomic E-state index is 11.6. The average Bonchev–Trinajstić information content (AvgIpc) is 2.21. The Balaban J connectivity index is 2.73. The third-order valence-electron chi connectivity index (χ3n) is 3.05. The summed E-state index contributed by atoms with van der Waals surface area (Å²) in [5.74, 6) is 2.73. The number of ether oxygens (including phenoxy) is 1. The quantitative estimate of drug-likeness (QED) is 0.508. The monoisotopic (exact) mass is 194 g/mol. The van der Waals surface area contributed by atoms with Gasteiger partial charge >= 0.3 is 0 Å². The fraction of sp³-hybridized carbons (Fsp3) is 0.750. The fourth-order valence-electron chi connectivity index (χ4n) is 2.07. The number of carbonyl (C=O) groups is 1. The molecule has 0 spiro atoms. The van der Waals surface area contributed by atoms with Gasteiger partial charge in [-0.3, -0.25) is 4.79 Å². The number of carbonyl (C=O) groups excluding carboxylic acids is 1. The van der Waals surface area contributed by atoms with Crippen molar-refractivity contribution in [1.29, 1.82) is 0 Å². The van der Waals surface area contributed by atoms with Gasteiger partial charge in [0.1, 0.15) is 5.60 Å². The van der Waals surface area contributed by atoms with E-state index in [4.69, 9.17) is 11.2 Å². The highest BCUT2D eigenvalue weighted by atomic mass is 16.5. The fourth-order valence-corrected chi connectivity index (χ4v) is 2.07. The molecule has 2 heteroatoms. The molecule has 0 aromatic rings. The van der Waals surface area contributed by atoms with Crippen LogP contribution in [-0.4, -0.2) is 18.0 Å². The van der Waals surface area contributed by atoms with Crippen LogP contribution in [0.2, 0.25) is 0 Å². The van der Waals surface area contributed by atoms with Crippen molar-refractivity contribution in [2.24, 2.45) is 5.92 Å². The lowest BCUT2D eigenvalue weighted by molar-refractivity contribution is -0.143. The van der Waals surface area contributed by atoms with E-state index in [2.05, 4.69) is 12.8 Å². The van der Waals surface area contributed by atoms with Crippen molar-refractivity contribution in [3.8, 4) is 12.3 Å². The lowest BCUT2D eigenvalue weighted by atomic mass is 9.77. The van der Waals surface area contributed by atoms with Crippen molar-refractivity contribution >= 4 is 5.78 Å². The molecule has 1 fully saturated rings. The van der Waals surface area contributed by atoms with Crippen LogP contribution in [0.1, 0.15) is 39.5 Å². The van der Waals surface area contributed by atoms with Crippen LogP contribution in [0.5, 0.6) is 0 Å². The van der Waals surface area contributed by atoms with Gasteiger partial charge in [-0.2, -0.15) is 0 Å². The molecule has 0 N–H and O–H groups in total. The third kappa shape index (κ3) is 2.16. The van der Waals surface area contributed by atoms with Crippen LogP contribution in [-0.2, 0) is 9.53 Å². The van der Waals surface area contributed by atoms with E-state index in [-0.39, 0.29) is 5.78 Å². The van der Waals surface area contributed by atoms with Crippen molar-refractivity contribution in [2.45, 2.75) is 45.1 Å². The lowest BCUT2D eigenvalue weighted by Gasteiger charge is -2.36.